The van der Waals surface area contributed by atoms with Gasteiger partial charge < -0.3 is 4.74 Å². The van der Waals surface area contributed by atoms with Crippen LogP contribution in [0.2, 0.25) is 0 Å². The van der Waals surface area contributed by atoms with Crippen molar-refractivity contribution >= 4 is 0 Å². The van der Waals surface area contributed by atoms with Crippen molar-refractivity contribution < 1.29 is 4.74 Å². The first-order valence-electron chi connectivity index (χ1n) is 4.44. The van der Waals surface area contributed by atoms with E-state index in [1.54, 1.807) is 0 Å². The van der Waals surface area contributed by atoms with Gasteiger partial charge in [0.05, 0.1) is 12.7 Å². The van der Waals surface area contributed by atoms with Crippen molar-refractivity contribution in [3.05, 3.63) is 0 Å². The van der Waals surface area contributed by atoms with Crippen LogP contribution < -0.4 is 0 Å². The fraction of sp³-hybridized carbons (Fsp3) is 1.00. The quantitative estimate of drug-likeness (QED) is 0.537. The van der Waals surface area contributed by atoms with Crippen LogP contribution in [0.15, 0.2) is 0 Å². The molecule has 1 rings (SSSR count). The van der Waals surface area contributed by atoms with Gasteiger partial charge in [-0.15, -0.1) is 0 Å². The van der Waals surface area contributed by atoms with E-state index in [0.29, 0.717) is 6.10 Å². The highest BCUT2D eigenvalue weighted by Gasteiger charge is 2.24. The van der Waals surface area contributed by atoms with Crippen molar-refractivity contribution in [3.8, 4) is 0 Å². The van der Waals surface area contributed by atoms with Crippen molar-refractivity contribution in [1.82, 2.24) is 0 Å². The van der Waals surface area contributed by atoms with Crippen LogP contribution in [0.4, 0.5) is 0 Å². The van der Waals surface area contributed by atoms with Crippen molar-refractivity contribution in [3.63, 3.8) is 0 Å². The molecule has 0 N–H and O–H groups in total. The Morgan fingerprint density at radius 3 is 2.80 bits per heavy atom. The second-order valence-electron chi connectivity index (χ2n) is 3.44. The van der Waals surface area contributed by atoms with Gasteiger partial charge in [-0.1, -0.05) is 33.1 Å². The number of epoxide rings is 1. The summed E-state index contributed by atoms with van der Waals surface area (Å²) in [6.45, 7) is 5.61. The second-order valence-corrected chi connectivity index (χ2v) is 3.44. The van der Waals surface area contributed by atoms with Crippen molar-refractivity contribution in [2.75, 3.05) is 6.61 Å². The summed E-state index contributed by atoms with van der Waals surface area (Å²) in [4.78, 5) is 0. The molecule has 60 valence electrons. The van der Waals surface area contributed by atoms with Crippen molar-refractivity contribution in [1.29, 1.82) is 0 Å². The predicted octanol–water partition coefficient (Wildman–Crippen LogP) is 2.60. The first-order chi connectivity index (χ1) is 4.83. The highest BCUT2D eigenvalue weighted by Crippen LogP contribution is 2.22. The van der Waals surface area contributed by atoms with Gasteiger partial charge >= 0.3 is 0 Å². The highest BCUT2D eigenvalue weighted by molar-refractivity contribution is 4.71. The summed E-state index contributed by atoms with van der Waals surface area (Å²) in [6, 6.07) is 0. The average Bonchev–Trinajstić information content (AvgIpc) is 2.67. The van der Waals surface area contributed by atoms with Crippen LogP contribution in [0.5, 0.6) is 0 Å². The van der Waals surface area contributed by atoms with Crippen LogP contribution in [-0.4, -0.2) is 12.7 Å². The van der Waals surface area contributed by atoms with Gasteiger partial charge in [0.2, 0.25) is 0 Å². The molecule has 0 bridgehead atoms. The Hall–Kier alpha value is -0.0400. The van der Waals surface area contributed by atoms with Gasteiger partial charge in [-0.25, -0.2) is 0 Å². The van der Waals surface area contributed by atoms with E-state index in [0.717, 1.165) is 12.5 Å². The first kappa shape index (κ1) is 8.06. The molecule has 0 aliphatic carbocycles. The molecule has 1 aliphatic heterocycles. The maximum atomic E-state index is 5.16. The standard InChI is InChI=1S/C9H18O/c1-3-4-5-8(2)6-9-7-10-9/h8-9H,3-7H2,1-2H3. The van der Waals surface area contributed by atoms with E-state index < -0.39 is 0 Å². The van der Waals surface area contributed by atoms with E-state index in [1.807, 2.05) is 0 Å². The van der Waals surface area contributed by atoms with Crippen molar-refractivity contribution in [2.45, 2.75) is 45.6 Å². The SMILES string of the molecule is CCCCC(C)CC1CO1. The molecule has 1 nitrogen and oxygen atoms in total. The lowest BCUT2D eigenvalue weighted by molar-refractivity contribution is 0.350. The molecule has 0 aromatic heterocycles. The van der Waals surface area contributed by atoms with Crippen LogP contribution in [0, 0.1) is 5.92 Å². The molecule has 0 aromatic carbocycles. The summed E-state index contributed by atoms with van der Waals surface area (Å²) in [7, 11) is 0. The largest absolute Gasteiger partial charge is 0.373 e. The number of ether oxygens (including phenoxy) is 1. The number of unbranched alkanes of at least 4 members (excludes halogenated alkanes) is 1. The van der Waals surface area contributed by atoms with E-state index in [4.69, 9.17) is 4.74 Å². The van der Waals surface area contributed by atoms with Gasteiger partial charge in [0.15, 0.2) is 0 Å². The minimum Gasteiger partial charge on any atom is -0.373 e. The molecular formula is C9H18O. The lowest BCUT2D eigenvalue weighted by atomic mass is 9.99. The Morgan fingerprint density at radius 1 is 1.60 bits per heavy atom. The van der Waals surface area contributed by atoms with Gasteiger partial charge in [0, 0.05) is 0 Å². The zero-order valence-electron chi connectivity index (χ0n) is 7.10. The van der Waals surface area contributed by atoms with E-state index in [-0.39, 0.29) is 0 Å². The third-order valence-corrected chi connectivity index (χ3v) is 2.12. The molecular weight excluding hydrogens is 124 g/mol. The second kappa shape index (κ2) is 3.97. The van der Waals surface area contributed by atoms with Gasteiger partial charge in [-0.05, 0) is 12.3 Å². The summed E-state index contributed by atoms with van der Waals surface area (Å²) < 4.78 is 5.16. The molecule has 2 atom stereocenters. The molecule has 0 amide bonds. The lowest BCUT2D eigenvalue weighted by Crippen LogP contribution is -1.98. The smallest absolute Gasteiger partial charge is 0.0812 e. The monoisotopic (exact) mass is 142 g/mol. The summed E-state index contributed by atoms with van der Waals surface area (Å²) in [5.74, 6) is 0.882. The molecule has 1 saturated heterocycles. The number of hydrogen-bond acceptors (Lipinski definition) is 1. The molecule has 0 saturated carbocycles. The van der Waals surface area contributed by atoms with Crippen LogP contribution in [0.1, 0.15) is 39.5 Å². The van der Waals surface area contributed by atoms with E-state index in [9.17, 15) is 0 Å². The minimum absolute atomic E-state index is 0.631. The van der Waals surface area contributed by atoms with Crippen molar-refractivity contribution in [2.24, 2.45) is 5.92 Å². The van der Waals surface area contributed by atoms with E-state index in [2.05, 4.69) is 13.8 Å². The van der Waals surface area contributed by atoms with Crippen LogP contribution in [0.3, 0.4) is 0 Å². The third kappa shape index (κ3) is 3.21. The fourth-order valence-corrected chi connectivity index (χ4v) is 1.32. The molecule has 0 spiro atoms. The zero-order valence-corrected chi connectivity index (χ0v) is 7.10. The average molecular weight is 142 g/mol. The van der Waals surface area contributed by atoms with Crippen LogP contribution in [0.25, 0.3) is 0 Å². The zero-order chi connectivity index (χ0) is 7.40. The summed E-state index contributed by atoms with van der Waals surface area (Å²) >= 11 is 0. The summed E-state index contributed by atoms with van der Waals surface area (Å²) in [5.41, 5.74) is 0. The van der Waals surface area contributed by atoms with E-state index >= 15 is 0 Å². The Bertz CT molecular complexity index is 86.7. The Kier molecular flexibility index (Phi) is 3.20. The molecule has 2 unspecified atom stereocenters. The summed E-state index contributed by atoms with van der Waals surface area (Å²) in [6.07, 6.45) is 6.02. The van der Waals surface area contributed by atoms with Gasteiger partial charge in [-0.3, -0.25) is 0 Å². The minimum atomic E-state index is 0.631. The third-order valence-electron chi connectivity index (χ3n) is 2.12. The molecule has 10 heavy (non-hydrogen) atoms. The molecule has 1 heteroatoms. The van der Waals surface area contributed by atoms with E-state index in [1.165, 1.54) is 25.7 Å². The Labute approximate surface area is 63.8 Å². The predicted molar refractivity (Wildman–Crippen MR) is 43.0 cm³/mol. The molecule has 1 aliphatic rings. The van der Waals surface area contributed by atoms with Gasteiger partial charge in [-0.2, -0.15) is 0 Å². The van der Waals surface area contributed by atoms with Crippen LogP contribution in [-0.2, 0) is 4.74 Å². The van der Waals surface area contributed by atoms with Gasteiger partial charge in [0.25, 0.3) is 0 Å². The van der Waals surface area contributed by atoms with Gasteiger partial charge in [0.1, 0.15) is 0 Å². The maximum Gasteiger partial charge on any atom is 0.0812 e. The highest BCUT2D eigenvalue weighted by atomic mass is 16.6. The first-order valence-corrected chi connectivity index (χ1v) is 4.44. The normalized spacial score (nSPS) is 26.4. The Morgan fingerprint density at radius 2 is 2.30 bits per heavy atom. The lowest BCUT2D eigenvalue weighted by Gasteiger charge is -2.06. The topological polar surface area (TPSA) is 12.5 Å². The number of rotatable bonds is 5. The molecule has 0 radical (unpaired) electrons. The molecule has 1 heterocycles. The summed E-state index contributed by atoms with van der Waals surface area (Å²) in [5, 5.41) is 0. The molecule has 0 aromatic rings. The maximum absolute atomic E-state index is 5.16. The molecule has 1 fully saturated rings. The fourth-order valence-electron chi connectivity index (χ4n) is 1.32. The number of hydrogen-bond donors (Lipinski definition) is 0. The van der Waals surface area contributed by atoms with Crippen LogP contribution >= 0.6 is 0 Å². The Balaban J connectivity index is 1.91.